The predicted molar refractivity (Wildman–Crippen MR) is 84.1 cm³/mol. The topological polar surface area (TPSA) is 50.1 Å². The second-order valence-corrected chi connectivity index (χ2v) is 7.28. The van der Waals surface area contributed by atoms with Crippen molar-refractivity contribution in [3.8, 4) is 0 Å². The van der Waals surface area contributed by atoms with Gasteiger partial charge in [-0.1, -0.05) is 20.8 Å². The molecule has 0 radical (unpaired) electrons. The van der Waals surface area contributed by atoms with Crippen LogP contribution >= 0.6 is 0 Å². The van der Waals surface area contributed by atoms with Crippen molar-refractivity contribution < 1.29 is 0 Å². The molecular weight excluding hydrogens is 264 g/mol. The summed E-state index contributed by atoms with van der Waals surface area (Å²) in [5, 5.41) is 12.5. The molecule has 0 bridgehead atoms. The molecule has 1 aromatic rings. The molecule has 1 aromatic heterocycles. The number of hydrogen-bond acceptors (Lipinski definition) is 5. The molecule has 120 valence electrons. The lowest BCUT2D eigenvalue weighted by molar-refractivity contribution is 0.0694. The van der Waals surface area contributed by atoms with E-state index >= 15 is 0 Å². The first kappa shape index (κ1) is 16.4. The van der Waals surface area contributed by atoms with Crippen LogP contribution in [0.15, 0.2) is 0 Å². The third-order valence-corrected chi connectivity index (χ3v) is 4.27. The summed E-state index contributed by atoms with van der Waals surface area (Å²) < 4.78 is 1.99. The molecule has 0 aromatic carbocycles. The minimum atomic E-state index is -0.0861. The molecule has 1 fully saturated rings. The lowest BCUT2D eigenvalue weighted by Crippen LogP contribution is -2.49. The summed E-state index contributed by atoms with van der Waals surface area (Å²) in [5.41, 5.74) is -0.0861. The summed E-state index contributed by atoms with van der Waals surface area (Å²) in [7, 11) is 0. The van der Waals surface area contributed by atoms with Crippen LogP contribution in [0.25, 0.3) is 0 Å². The van der Waals surface area contributed by atoms with E-state index < -0.39 is 0 Å². The van der Waals surface area contributed by atoms with Crippen molar-refractivity contribution in [1.82, 2.24) is 30.0 Å². The summed E-state index contributed by atoms with van der Waals surface area (Å²) in [6, 6.07) is 0.290. The summed E-state index contributed by atoms with van der Waals surface area (Å²) in [6.07, 6.45) is 0. The SMILES string of the molecule is CCN1CCN([C@H](c2nnnn2C(C)(C)C)C(C)C)CC1. The monoisotopic (exact) mass is 294 g/mol. The van der Waals surface area contributed by atoms with Gasteiger partial charge >= 0.3 is 0 Å². The fourth-order valence-electron chi connectivity index (χ4n) is 3.10. The van der Waals surface area contributed by atoms with Gasteiger partial charge in [0.15, 0.2) is 5.82 Å². The number of rotatable bonds is 4. The van der Waals surface area contributed by atoms with Gasteiger partial charge in [0.05, 0.1) is 11.6 Å². The molecule has 0 saturated carbocycles. The van der Waals surface area contributed by atoms with Crippen LogP contribution in [0.1, 0.15) is 53.4 Å². The van der Waals surface area contributed by atoms with Crippen LogP contribution < -0.4 is 0 Å². The first-order chi connectivity index (χ1) is 9.84. The third-order valence-electron chi connectivity index (χ3n) is 4.27. The zero-order valence-corrected chi connectivity index (χ0v) is 14.4. The van der Waals surface area contributed by atoms with Gasteiger partial charge in [-0.15, -0.1) is 5.10 Å². The van der Waals surface area contributed by atoms with Crippen molar-refractivity contribution in [3.63, 3.8) is 0 Å². The Kier molecular flexibility index (Phi) is 4.99. The molecule has 2 heterocycles. The van der Waals surface area contributed by atoms with E-state index in [2.05, 4.69) is 66.9 Å². The van der Waals surface area contributed by atoms with Crippen LogP contribution in [0.3, 0.4) is 0 Å². The van der Waals surface area contributed by atoms with Crippen molar-refractivity contribution in [2.75, 3.05) is 32.7 Å². The summed E-state index contributed by atoms with van der Waals surface area (Å²) in [4.78, 5) is 5.05. The van der Waals surface area contributed by atoms with Crippen LogP contribution in [0, 0.1) is 5.92 Å². The van der Waals surface area contributed by atoms with E-state index in [1.165, 1.54) is 0 Å². The minimum Gasteiger partial charge on any atom is -0.301 e. The Morgan fingerprint density at radius 1 is 1.10 bits per heavy atom. The highest BCUT2D eigenvalue weighted by atomic mass is 15.6. The maximum Gasteiger partial charge on any atom is 0.169 e. The molecule has 0 aliphatic carbocycles. The molecule has 1 aliphatic heterocycles. The second kappa shape index (κ2) is 6.40. The Balaban J connectivity index is 2.23. The number of aromatic nitrogens is 4. The van der Waals surface area contributed by atoms with Gasteiger partial charge in [0.25, 0.3) is 0 Å². The molecule has 0 amide bonds. The lowest BCUT2D eigenvalue weighted by Gasteiger charge is -2.40. The van der Waals surface area contributed by atoms with Gasteiger partial charge in [0.1, 0.15) is 0 Å². The highest BCUT2D eigenvalue weighted by molar-refractivity contribution is 4.99. The van der Waals surface area contributed by atoms with Crippen LogP contribution in [0.5, 0.6) is 0 Å². The van der Waals surface area contributed by atoms with Crippen molar-refractivity contribution in [2.45, 2.75) is 53.1 Å². The largest absolute Gasteiger partial charge is 0.301 e. The van der Waals surface area contributed by atoms with Gasteiger partial charge in [0, 0.05) is 26.2 Å². The van der Waals surface area contributed by atoms with Crippen LogP contribution in [0.4, 0.5) is 0 Å². The molecule has 0 N–H and O–H groups in total. The van der Waals surface area contributed by atoms with Crippen LogP contribution in [0.2, 0.25) is 0 Å². The van der Waals surface area contributed by atoms with Gasteiger partial charge in [-0.25, -0.2) is 4.68 Å². The maximum absolute atomic E-state index is 4.37. The van der Waals surface area contributed by atoms with E-state index in [1.54, 1.807) is 0 Å². The van der Waals surface area contributed by atoms with E-state index in [9.17, 15) is 0 Å². The molecule has 6 nitrogen and oxygen atoms in total. The fourth-order valence-corrected chi connectivity index (χ4v) is 3.10. The minimum absolute atomic E-state index is 0.0861. The summed E-state index contributed by atoms with van der Waals surface area (Å²) in [5.74, 6) is 1.49. The Morgan fingerprint density at radius 3 is 2.19 bits per heavy atom. The molecule has 6 heteroatoms. The highest BCUT2D eigenvalue weighted by Crippen LogP contribution is 2.30. The van der Waals surface area contributed by atoms with E-state index in [-0.39, 0.29) is 5.54 Å². The molecule has 1 atom stereocenters. The second-order valence-electron chi connectivity index (χ2n) is 7.28. The van der Waals surface area contributed by atoms with E-state index in [0.717, 1.165) is 38.5 Å². The fraction of sp³-hybridized carbons (Fsp3) is 0.933. The molecule has 1 aliphatic rings. The van der Waals surface area contributed by atoms with Crippen LogP contribution in [-0.4, -0.2) is 62.7 Å². The van der Waals surface area contributed by atoms with E-state index in [4.69, 9.17) is 0 Å². The van der Waals surface area contributed by atoms with Crippen LogP contribution in [-0.2, 0) is 5.54 Å². The van der Waals surface area contributed by atoms with Gasteiger partial charge in [-0.05, 0) is 43.7 Å². The molecule has 0 unspecified atom stereocenters. The average Bonchev–Trinajstić information content (AvgIpc) is 2.88. The number of likely N-dealkylation sites (N-methyl/N-ethyl adjacent to an activating group) is 1. The van der Waals surface area contributed by atoms with Crippen molar-refractivity contribution >= 4 is 0 Å². The highest BCUT2D eigenvalue weighted by Gasteiger charge is 2.33. The van der Waals surface area contributed by atoms with E-state index in [1.807, 2.05) is 4.68 Å². The first-order valence-electron chi connectivity index (χ1n) is 8.09. The Morgan fingerprint density at radius 2 is 1.71 bits per heavy atom. The number of hydrogen-bond donors (Lipinski definition) is 0. The third kappa shape index (κ3) is 3.61. The molecule has 21 heavy (non-hydrogen) atoms. The number of piperazine rings is 1. The van der Waals surface area contributed by atoms with Crippen molar-refractivity contribution in [3.05, 3.63) is 5.82 Å². The maximum atomic E-state index is 4.37. The molecule has 1 saturated heterocycles. The van der Waals surface area contributed by atoms with Crippen molar-refractivity contribution in [1.29, 1.82) is 0 Å². The quantitative estimate of drug-likeness (QED) is 0.847. The summed E-state index contributed by atoms with van der Waals surface area (Å²) in [6.45, 7) is 18.8. The Hall–Kier alpha value is -1.01. The van der Waals surface area contributed by atoms with E-state index in [0.29, 0.717) is 12.0 Å². The number of tetrazole rings is 1. The van der Waals surface area contributed by atoms with Gasteiger partial charge in [-0.3, -0.25) is 4.90 Å². The normalized spacial score (nSPS) is 20.1. The van der Waals surface area contributed by atoms with Crippen molar-refractivity contribution in [2.24, 2.45) is 5.92 Å². The first-order valence-corrected chi connectivity index (χ1v) is 8.09. The van der Waals surface area contributed by atoms with Gasteiger partial charge in [0.2, 0.25) is 0 Å². The molecular formula is C15H30N6. The zero-order valence-electron chi connectivity index (χ0n) is 14.4. The van der Waals surface area contributed by atoms with Gasteiger partial charge in [-0.2, -0.15) is 0 Å². The predicted octanol–water partition coefficient (Wildman–Crippen LogP) is 1.76. The van der Waals surface area contributed by atoms with Gasteiger partial charge < -0.3 is 4.90 Å². The smallest absolute Gasteiger partial charge is 0.169 e. The Labute approximate surface area is 128 Å². The Bertz CT molecular complexity index is 439. The standard InChI is InChI=1S/C15H30N6/c1-7-19-8-10-20(11-9-19)13(12(2)3)14-16-17-18-21(14)15(4,5)6/h12-13H,7-11H2,1-6H3/t13-/m0/s1. The lowest BCUT2D eigenvalue weighted by atomic mass is 9.99. The zero-order chi connectivity index (χ0) is 15.6. The molecule has 2 rings (SSSR count). The molecule has 0 spiro atoms. The number of nitrogens with zero attached hydrogens (tertiary/aromatic N) is 6. The average molecular weight is 294 g/mol. The summed E-state index contributed by atoms with van der Waals surface area (Å²) >= 11 is 0.